The Bertz CT molecular complexity index is 774. The lowest BCUT2D eigenvalue weighted by molar-refractivity contribution is 0.0474. The first-order valence-corrected chi connectivity index (χ1v) is 8.21. The van der Waals surface area contributed by atoms with Crippen LogP contribution in [-0.2, 0) is 4.74 Å². The Balaban J connectivity index is 2.10. The first-order valence-electron chi connectivity index (χ1n) is 7.42. The van der Waals surface area contributed by atoms with E-state index in [9.17, 15) is 14.0 Å². The highest BCUT2D eigenvalue weighted by atomic mass is 79.9. The molecule has 0 bridgehead atoms. The molecule has 0 aliphatic carbocycles. The summed E-state index contributed by atoms with van der Waals surface area (Å²) in [4.78, 5) is 24.2. The van der Waals surface area contributed by atoms with Gasteiger partial charge in [-0.1, -0.05) is 0 Å². The molecule has 132 valence electrons. The molecule has 2 rings (SSSR count). The van der Waals surface area contributed by atoms with Crippen LogP contribution >= 0.6 is 15.9 Å². The van der Waals surface area contributed by atoms with Gasteiger partial charge in [-0.15, -0.1) is 0 Å². The van der Waals surface area contributed by atoms with Crippen molar-refractivity contribution in [1.82, 2.24) is 0 Å². The van der Waals surface area contributed by atoms with E-state index in [0.717, 1.165) is 0 Å². The lowest BCUT2D eigenvalue weighted by Gasteiger charge is -2.13. The fourth-order valence-electron chi connectivity index (χ4n) is 2.08. The molecule has 0 amide bonds. The lowest BCUT2D eigenvalue weighted by Crippen LogP contribution is -2.14. The van der Waals surface area contributed by atoms with E-state index in [1.807, 2.05) is 0 Å². The molecule has 5 nitrogen and oxygen atoms in total. The fourth-order valence-corrected chi connectivity index (χ4v) is 2.68. The topological polar surface area (TPSA) is 61.8 Å². The second-order valence-electron chi connectivity index (χ2n) is 4.93. The lowest BCUT2D eigenvalue weighted by atomic mass is 10.1. The first-order chi connectivity index (χ1) is 12.0. The molecule has 2 aromatic carbocycles. The monoisotopic (exact) mass is 410 g/mol. The molecule has 0 saturated heterocycles. The van der Waals surface area contributed by atoms with Crippen molar-refractivity contribution in [1.29, 1.82) is 0 Å². The maximum atomic E-state index is 12.9. The second-order valence-corrected chi connectivity index (χ2v) is 5.78. The van der Waals surface area contributed by atoms with Crippen LogP contribution in [0.3, 0.4) is 0 Å². The molecule has 0 heterocycles. The van der Waals surface area contributed by atoms with Crippen LogP contribution in [0, 0.1) is 5.82 Å². The maximum Gasteiger partial charge on any atom is 0.338 e. The number of benzene rings is 2. The molecule has 0 N–H and O–H groups in total. The number of rotatable bonds is 7. The van der Waals surface area contributed by atoms with Gasteiger partial charge in [0.1, 0.15) is 5.82 Å². The number of ketones is 1. The number of ether oxygens (including phenoxy) is 3. The molecule has 0 aliphatic rings. The molecule has 0 fully saturated rings. The van der Waals surface area contributed by atoms with E-state index in [0.29, 0.717) is 22.6 Å². The summed E-state index contributed by atoms with van der Waals surface area (Å²) in [7, 11) is 1.49. The van der Waals surface area contributed by atoms with Crippen LogP contribution in [0.4, 0.5) is 4.39 Å². The minimum Gasteiger partial charge on any atom is -0.492 e. The van der Waals surface area contributed by atoms with Crippen molar-refractivity contribution in [2.75, 3.05) is 20.3 Å². The van der Waals surface area contributed by atoms with Crippen molar-refractivity contribution in [2.45, 2.75) is 6.92 Å². The summed E-state index contributed by atoms with van der Waals surface area (Å²) in [6, 6.07) is 8.02. The van der Waals surface area contributed by atoms with E-state index < -0.39 is 24.2 Å². The molecule has 25 heavy (non-hydrogen) atoms. The number of methoxy groups -OCH3 is 1. The van der Waals surface area contributed by atoms with Crippen molar-refractivity contribution in [3.05, 3.63) is 57.8 Å². The van der Waals surface area contributed by atoms with Crippen molar-refractivity contribution in [2.24, 2.45) is 0 Å². The van der Waals surface area contributed by atoms with Crippen LogP contribution in [0.15, 0.2) is 40.9 Å². The van der Waals surface area contributed by atoms with Gasteiger partial charge in [-0.2, -0.15) is 0 Å². The number of hydrogen-bond acceptors (Lipinski definition) is 5. The van der Waals surface area contributed by atoms with Crippen molar-refractivity contribution < 1.29 is 28.2 Å². The average Bonchev–Trinajstić information content (AvgIpc) is 2.60. The Morgan fingerprint density at radius 1 is 1.12 bits per heavy atom. The Morgan fingerprint density at radius 3 is 2.40 bits per heavy atom. The Kier molecular flexibility index (Phi) is 6.52. The van der Waals surface area contributed by atoms with Crippen LogP contribution in [-0.4, -0.2) is 32.1 Å². The van der Waals surface area contributed by atoms with Crippen LogP contribution in [0.1, 0.15) is 27.6 Å². The van der Waals surface area contributed by atoms with E-state index in [2.05, 4.69) is 15.9 Å². The quantitative estimate of drug-likeness (QED) is 0.509. The van der Waals surface area contributed by atoms with Crippen LogP contribution in [0.2, 0.25) is 0 Å². The molecule has 0 atom stereocenters. The zero-order valence-corrected chi connectivity index (χ0v) is 15.3. The van der Waals surface area contributed by atoms with Crippen molar-refractivity contribution in [3.8, 4) is 11.5 Å². The van der Waals surface area contributed by atoms with Gasteiger partial charge in [-0.05, 0) is 59.3 Å². The van der Waals surface area contributed by atoms with Gasteiger partial charge in [0.15, 0.2) is 23.9 Å². The number of esters is 1. The predicted octanol–water partition coefficient (Wildman–Crippen LogP) is 4.04. The normalized spacial score (nSPS) is 10.2. The third kappa shape index (κ3) is 4.79. The SMILES string of the molecule is CCOc1cc(C(=O)OCC(=O)c2ccc(F)cc2)cc(Br)c1OC. The van der Waals surface area contributed by atoms with E-state index in [-0.39, 0.29) is 11.1 Å². The summed E-state index contributed by atoms with van der Waals surface area (Å²) in [5.74, 6) is -0.706. The van der Waals surface area contributed by atoms with E-state index in [1.54, 1.807) is 6.92 Å². The minimum absolute atomic E-state index is 0.211. The number of carbonyl (C=O) groups is 2. The van der Waals surface area contributed by atoms with Gasteiger partial charge in [-0.25, -0.2) is 9.18 Å². The molecule has 0 unspecified atom stereocenters. The molecule has 0 aromatic heterocycles. The molecular weight excluding hydrogens is 395 g/mol. The van der Waals surface area contributed by atoms with Gasteiger partial charge in [0.25, 0.3) is 0 Å². The molecule has 7 heteroatoms. The summed E-state index contributed by atoms with van der Waals surface area (Å²) in [6.45, 7) is 1.75. The van der Waals surface area contributed by atoms with Crippen LogP contribution in [0.5, 0.6) is 11.5 Å². The second kappa shape index (κ2) is 8.62. The maximum absolute atomic E-state index is 12.9. The number of carbonyl (C=O) groups excluding carboxylic acids is 2. The predicted molar refractivity (Wildman–Crippen MR) is 92.9 cm³/mol. The molecule has 0 saturated carbocycles. The molecule has 2 aromatic rings. The van der Waals surface area contributed by atoms with Gasteiger partial charge >= 0.3 is 5.97 Å². The molecule has 0 aliphatic heterocycles. The first kappa shape index (κ1) is 18.9. The van der Waals surface area contributed by atoms with Crippen LogP contribution in [0.25, 0.3) is 0 Å². The smallest absolute Gasteiger partial charge is 0.338 e. The number of halogens is 2. The number of hydrogen-bond donors (Lipinski definition) is 0. The Morgan fingerprint density at radius 2 is 1.80 bits per heavy atom. The van der Waals surface area contributed by atoms with Crippen molar-refractivity contribution >= 4 is 27.7 Å². The van der Waals surface area contributed by atoms with Crippen molar-refractivity contribution in [3.63, 3.8) is 0 Å². The standard InChI is InChI=1S/C18H16BrFO5/c1-3-24-16-9-12(8-14(19)17(16)23-2)18(22)25-10-15(21)11-4-6-13(20)7-5-11/h4-9H,3,10H2,1-2H3. The third-order valence-corrected chi connectivity index (χ3v) is 3.84. The molecular formula is C18H16BrFO5. The zero-order chi connectivity index (χ0) is 18.4. The molecule has 0 radical (unpaired) electrons. The summed E-state index contributed by atoms with van der Waals surface area (Å²) >= 11 is 3.30. The van der Waals surface area contributed by atoms with E-state index >= 15 is 0 Å². The van der Waals surface area contributed by atoms with Gasteiger partial charge < -0.3 is 14.2 Å². The average molecular weight is 411 g/mol. The highest BCUT2D eigenvalue weighted by Crippen LogP contribution is 2.36. The van der Waals surface area contributed by atoms with Crippen LogP contribution < -0.4 is 9.47 Å². The summed E-state index contributed by atoms with van der Waals surface area (Å²) in [6.07, 6.45) is 0. The van der Waals surface area contributed by atoms with Gasteiger partial charge in [0, 0.05) is 5.56 Å². The highest BCUT2D eigenvalue weighted by molar-refractivity contribution is 9.10. The van der Waals surface area contributed by atoms with Gasteiger partial charge in [-0.3, -0.25) is 4.79 Å². The van der Waals surface area contributed by atoms with E-state index in [1.165, 1.54) is 43.5 Å². The minimum atomic E-state index is -0.681. The molecule has 0 spiro atoms. The third-order valence-electron chi connectivity index (χ3n) is 3.25. The van der Waals surface area contributed by atoms with Gasteiger partial charge in [0.2, 0.25) is 0 Å². The summed E-state index contributed by atoms with van der Waals surface area (Å²) in [5.41, 5.74) is 0.475. The largest absolute Gasteiger partial charge is 0.492 e. The summed E-state index contributed by atoms with van der Waals surface area (Å²) in [5, 5.41) is 0. The zero-order valence-electron chi connectivity index (χ0n) is 13.7. The van der Waals surface area contributed by atoms with Gasteiger partial charge in [0.05, 0.1) is 23.8 Å². The summed E-state index contributed by atoms with van der Waals surface area (Å²) < 4.78 is 29.1. The number of Topliss-reactive ketones (excluding diaryl/α,β-unsaturated/α-hetero) is 1. The van der Waals surface area contributed by atoms with E-state index in [4.69, 9.17) is 14.2 Å². The highest BCUT2D eigenvalue weighted by Gasteiger charge is 2.17. The fraction of sp³-hybridized carbons (Fsp3) is 0.222. The Labute approximate surface area is 152 Å². The Hall–Kier alpha value is -2.41.